The van der Waals surface area contributed by atoms with Crippen molar-refractivity contribution >= 4 is 26.8 Å². The molecule has 2 aliphatic heterocycles. The highest BCUT2D eigenvalue weighted by molar-refractivity contribution is 8.13. The Labute approximate surface area is 134 Å². The molecular weight excluding hydrogens is 323 g/mol. The second-order valence-electron chi connectivity index (χ2n) is 5.48. The van der Waals surface area contributed by atoms with E-state index in [0.717, 1.165) is 10.7 Å². The maximum atomic E-state index is 13.2. The van der Waals surface area contributed by atoms with Gasteiger partial charge in [-0.3, -0.25) is 4.99 Å². The smallest absolute Gasteiger partial charge is 0.160 e. The second kappa shape index (κ2) is 6.04. The minimum absolute atomic E-state index is 0.0852. The minimum atomic E-state index is -2.99. The molecular formula is C15H17FN2O2S2. The Morgan fingerprint density at radius 3 is 3.00 bits per heavy atom. The van der Waals surface area contributed by atoms with Gasteiger partial charge in [-0.15, -0.1) is 6.58 Å². The van der Waals surface area contributed by atoms with Crippen molar-refractivity contribution in [3.05, 3.63) is 48.3 Å². The van der Waals surface area contributed by atoms with E-state index in [4.69, 9.17) is 0 Å². The molecule has 1 fully saturated rings. The molecule has 0 aliphatic carbocycles. The van der Waals surface area contributed by atoms with Gasteiger partial charge in [0.05, 0.1) is 23.6 Å². The summed E-state index contributed by atoms with van der Waals surface area (Å²) in [5.74, 6) is 0.627. The summed E-state index contributed by atoms with van der Waals surface area (Å²) in [6.45, 7) is 4.31. The Bertz CT molecular complexity index is 718. The Balaban J connectivity index is 1.73. The molecule has 1 aromatic rings. The lowest BCUT2D eigenvalue weighted by Crippen LogP contribution is -2.39. The molecule has 0 unspecified atom stereocenters. The molecule has 7 heteroatoms. The first-order valence-corrected chi connectivity index (χ1v) is 9.82. The van der Waals surface area contributed by atoms with Crippen LogP contribution in [0.3, 0.4) is 0 Å². The highest BCUT2D eigenvalue weighted by Gasteiger charge is 2.45. The summed E-state index contributed by atoms with van der Waals surface area (Å²) in [5, 5.41) is 0.828. The van der Waals surface area contributed by atoms with Crippen LogP contribution in [-0.2, 0) is 15.6 Å². The van der Waals surface area contributed by atoms with E-state index in [9.17, 15) is 12.8 Å². The predicted molar refractivity (Wildman–Crippen MR) is 88.3 cm³/mol. The fraction of sp³-hybridized carbons (Fsp3) is 0.400. The maximum absolute atomic E-state index is 13.2. The first kappa shape index (κ1) is 15.6. The first-order valence-electron chi connectivity index (χ1n) is 7.01. The predicted octanol–water partition coefficient (Wildman–Crippen LogP) is 2.08. The Morgan fingerprint density at radius 2 is 2.27 bits per heavy atom. The van der Waals surface area contributed by atoms with E-state index in [1.807, 2.05) is 11.0 Å². The molecule has 0 N–H and O–H groups in total. The Morgan fingerprint density at radius 1 is 1.45 bits per heavy atom. The van der Waals surface area contributed by atoms with E-state index in [0.29, 0.717) is 12.3 Å². The molecule has 0 amide bonds. The Hall–Kier alpha value is -1.34. The van der Waals surface area contributed by atoms with E-state index in [1.165, 1.54) is 23.9 Å². The van der Waals surface area contributed by atoms with Crippen LogP contribution in [0.1, 0.15) is 5.56 Å². The number of thioether (sulfide) groups is 1. The van der Waals surface area contributed by atoms with Crippen molar-refractivity contribution in [1.29, 1.82) is 0 Å². The normalized spacial score (nSPS) is 25.9. The van der Waals surface area contributed by atoms with E-state index < -0.39 is 9.84 Å². The molecule has 1 aromatic carbocycles. The third kappa shape index (κ3) is 3.20. The third-order valence-corrected chi connectivity index (χ3v) is 6.57. The van der Waals surface area contributed by atoms with Crippen molar-refractivity contribution in [2.75, 3.05) is 18.1 Å². The fourth-order valence-electron chi connectivity index (χ4n) is 2.84. The topological polar surface area (TPSA) is 49.7 Å². The number of hydrogen-bond donors (Lipinski definition) is 0. The molecule has 0 radical (unpaired) electrons. The molecule has 0 spiro atoms. The van der Waals surface area contributed by atoms with Crippen LogP contribution in [0.5, 0.6) is 0 Å². The van der Waals surface area contributed by atoms with E-state index in [2.05, 4.69) is 11.6 Å². The van der Waals surface area contributed by atoms with Gasteiger partial charge in [0.15, 0.2) is 15.0 Å². The quantitative estimate of drug-likeness (QED) is 0.788. The van der Waals surface area contributed by atoms with Crippen LogP contribution in [0.2, 0.25) is 0 Å². The molecule has 1 saturated heterocycles. The largest absolute Gasteiger partial charge is 0.342 e. The standard InChI is InChI=1S/C15H17FN2O2S2/c1-2-6-18-14-10-22(19,20)9-13(14)17-15(18)21-8-11-4-3-5-12(16)7-11/h2-5,7,13-14H,1,6,8-10H2/t13-,14+/m1/s1. The molecule has 22 heavy (non-hydrogen) atoms. The van der Waals surface area contributed by atoms with Crippen LogP contribution in [0.4, 0.5) is 4.39 Å². The van der Waals surface area contributed by atoms with Crippen LogP contribution in [0.25, 0.3) is 0 Å². The van der Waals surface area contributed by atoms with Gasteiger partial charge in [-0.1, -0.05) is 30.0 Å². The zero-order valence-corrected chi connectivity index (χ0v) is 13.6. The first-order chi connectivity index (χ1) is 10.5. The van der Waals surface area contributed by atoms with Gasteiger partial charge in [-0.25, -0.2) is 12.8 Å². The number of hydrogen-bond acceptors (Lipinski definition) is 5. The zero-order chi connectivity index (χ0) is 15.7. The molecule has 0 bridgehead atoms. The SMILES string of the molecule is C=CCN1C(SCc2cccc(F)c2)=N[C@@H]2CS(=O)(=O)C[C@@H]21. The lowest BCUT2D eigenvalue weighted by atomic mass is 10.2. The minimum Gasteiger partial charge on any atom is -0.342 e. The number of halogens is 1. The van der Waals surface area contributed by atoms with Crippen LogP contribution in [0.15, 0.2) is 41.9 Å². The summed E-state index contributed by atoms with van der Waals surface area (Å²) < 4.78 is 36.7. The van der Waals surface area contributed by atoms with Gasteiger partial charge in [-0.05, 0) is 17.7 Å². The molecule has 3 rings (SSSR count). The van der Waals surface area contributed by atoms with E-state index >= 15 is 0 Å². The average Bonchev–Trinajstić information content (AvgIpc) is 2.90. The number of rotatable bonds is 4. The molecule has 2 aliphatic rings. The van der Waals surface area contributed by atoms with Gasteiger partial charge in [0.25, 0.3) is 0 Å². The van der Waals surface area contributed by atoms with Crippen molar-refractivity contribution < 1.29 is 12.8 Å². The van der Waals surface area contributed by atoms with E-state index in [1.54, 1.807) is 12.1 Å². The summed E-state index contributed by atoms with van der Waals surface area (Å²) in [5.41, 5.74) is 0.885. The fourth-order valence-corrected chi connectivity index (χ4v) is 5.77. The summed E-state index contributed by atoms with van der Waals surface area (Å²) in [6, 6.07) is 6.21. The van der Waals surface area contributed by atoms with Crippen molar-refractivity contribution in [2.24, 2.45) is 4.99 Å². The maximum Gasteiger partial charge on any atom is 0.160 e. The van der Waals surface area contributed by atoms with E-state index in [-0.39, 0.29) is 29.4 Å². The molecule has 2 heterocycles. The second-order valence-corrected chi connectivity index (χ2v) is 8.58. The lowest BCUT2D eigenvalue weighted by molar-refractivity contribution is 0.379. The zero-order valence-electron chi connectivity index (χ0n) is 12.0. The lowest BCUT2D eigenvalue weighted by Gasteiger charge is -2.24. The Kier molecular flexibility index (Phi) is 4.27. The molecule has 118 valence electrons. The molecule has 4 nitrogen and oxygen atoms in total. The molecule has 0 saturated carbocycles. The number of fused-ring (bicyclic) bond motifs is 1. The summed E-state index contributed by atoms with van der Waals surface area (Å²) in [6.07, 6.45) is 1.76. The van der Waals surface area contributed by atoms with Gasteiger partial charge in [0.1, 0.15) is 5.82 Å². The van der Waals surface area contributed by atoms with Crippen molar-refractivity contribution in [1.82, 2.24) is 4.90 Å². The van der Waals surface area contributed by atoms with Crippen molar-refractivity contribution in [3.8, 4) is 0 Å². The summed E-state index contributed by atoms with van der Waals surface area (Å²) in [7, 11) is -2.99. The number of sulfone groups is 1. The number of nitrogens with zero attached hydrogens (tertiary/aromatic N) is 2. The van der Waals surface area contributed by atoms with Crippen LogP contribution in [0, 0.1) is 5.82 Å². The monoisotopic (exact) mass is 340 g/mol. The van der Waals surface area contributed by atoms with Crippen molar-refractivity contribution in [3.63, 3.8) is 0 Å². The van der Waals surface area contributed by atoms with Crippen LogP contribution in [-0.4, -0.2) is 48.6 Å². The van der Waals surface area contributed by atoms with Gasteiger partial charge in [-0.2, -0.15) is 0 Å². The summed E-state index contributed by atoms with van der Waals surface area (Å²) >= 11 is 1.52. The third-order valence-electron chi connectivity index (χ3n) is 3.80. The summed E-state index contributed by atoms with van der Waals surface area (Å²) in [4.78, 5) is 6.57. The molecule has 2 atom stereocenters. The molecule has 0 aromatic heterocycles. The number of benzene rings is 1. The van der Waals surface area contributed by atoms with Gasteiger partial charge < -0.3 is 4.90 Å². The van der Waals surface area contributed by atoms with Gasteiger partial charge in [0, 0.05) is 12.3 Å². The highest BCUT2D eigenvalue weighted by atomic mass is 32.2. The van der Waals surface area contributed by atoms with Gasteiger partial charge >= 0.3 is 0 Å². The van der Waals surface area contributed by atoms with Crippen LogP contribution < -0.4 is 0 Å². The van der Waals surface area contributed by atoms with Gasteiger partial charge in [0.2, 0.25) is 0 Å². The highest BCUT2D eigenvalue weighted by Crippen LogP contribution is 2.32. The van der Waals surface area contributed by atoms with Crippen LogP contribution >= 0.6 is 11.8 Å². The number of aliphatic imine (C=N–C) groups is 1. The average molecular weight is 340 g/mol. The number of amidine groups is 1. The van der Waals surface area contributed by atoms with Crippen molar-refractivity contribution in [2.45, 2.75) is 17.8 Å².